The molecule has 6 heteroatoms. The van der Waals surface area contributed by atoms with E-state index in [-0.39, 0.29) is 0 Å². The summed E-state index contributed by atoms with van der Waals surface area (Å²) in [7, 11) is 1.51. The van der Waals surface area contributed by atoms with Gasteiger partial charge in [-0.2, -0.15) is 0 Å². The van der Waals surface area contributed by atoms with E-state index in [0.717, 1.165) is 5.75 Å². The number of hydrogen-bond acceptors (Lipinski definition) is 4. The first-order valence-corrected chi connectivity index (χ1v) is 7.47. The lowest BCUT2D eigenvalue weighted by atomic mass is 10.2. The van der Waals surface area contributed by atoms with Crippen LogP contribution in [0.3, 0.4) is 0 Å². The van der Waals surface area contributed by atoms with E-state index in [9.17, 15) is 4.79 Å². The normalized spacial score (nSPS) is 10.2. The van der Waals surface area contributed by atoms with Crippen LogP contribution in [-0.2, 0) is 0 Å². The van der Waals surface area contributed by atoms with Crippen molar-refractivity contribution in [3.8, 4) is 17.2 Å². The highest BCUT2D eigenvalue weighted by atomic mass is 35.5. The van der Waals surface area contributed by atoms with Crippen molar-refractivity contribution in [3.63, 3.8) is 0 Å². The number of benzene rings is 2. The van der Waals surface area contributed by atoms with Gasteiger partial charge in [-0.05, 0) is 36.4 Å². The number of hydrogen-bond donors (Lipinski definition) is 1. The molecule has 0 radical (unpaired) electrons. The average Bonchev–Trinajstić information content (AvgIpc) is 2.56. The highest BCUT2D eigenvalue weighted by Crippen LogP contribution is 2.30. The maximum absolute atomic E-state index is 11.4. The molecule has 0 saturated carbocycles. The minimum atomic E-state index is -0.559. The zero-order valence-electron chi connectivity index (χ0n) is 12.8. The largest absolute Gasteiger partial charge is 0.493 e. The summed E-state index contributed by atoms with van der Waals surface area (Å²) in [5.41, 5.74) is 5.64. The van der Waals surface area contributed by atoms with Crippen LogP contribution in [0.1, 0.15) is 16.8 Å². The van der Waals surface area contributed by atoms with Gasteiger partial charge in [0.2, 0.25) is 0 Å². The highest BCUT2D eigenvalue weighted by molar-refractivity contribution is 6.30. The van der Waals surface area contributed by atoms with Crippen LogP contribution in [0.2, 0.25) is 5.02 Å². The average molecular weight is 336 g/mol. The van der Waals surface area contributed by atoms with E-state index in [1.165, 1.54) is 7.11 Å². The fraction of sp³-hybridized carbons (Fsp3) is 0.235. The molecule has 0 heterocycles. The van der Waals surface area contributed by atoms with Gasteiger partial charge >= 0.3 is 0 Å². The highest BCUT2D eigenvalue weighted by Gasteiger charge is 2.14. The number of carbonyl (C=O) groups is 1. The van der Waals surface area contributed by atoms with Crippen LogP contribution in [-0.4, -0.2) is 26.2 Å². The Labute approximate surface area is 139 Å². The van der Waals surface area contributed by atoms with E-state index in [4.69, 9.17) is 31.5 Å². The van der Waals surface area contributed by atoms with E-state index in [1.54, 1.807) is 42.5 Å². The molecule has 0 fully saturated rings. The molecule has 122 valence electrons. The van der Waals surface area contributed by atoms with E-state index in [2.05, 4.69) is 0 Å². The predicted molar refractivity (Wildman–Crippen MR) is 88.6 cm³/mol. The van der Waals surface area contributed by atoms with Crippen molar-refractivity contribution < 1.29 is 19.0 Å². The first-order valence-electron chi connectivity index (χ1n) is 7.10. The van der Waals surface area contributed by atoms with Crippen molar-refractivity contribution in [1.82, 2.24) is 0 Å². The second-order valence-corrected chi connectivity index (χ2v) is 5.14. The Morgan fingerprint density at radius 1 is 1.09 bits per heavy atom. The number of amides is 1. The zero-order valence-corrected chi connectivity index (χ0v) is 13.5. The molecule has 2 aromatic rings. The Morgan fingerprint density at radius 3 is 2.43 bits per heavy atom. The van der Waals surface area contributed by atoms with Crippen LogP contribution < -0.4 is 19.9 Å². The molecule has 2 N–H and O–H groups in total. The summed E-state index contributed by atoms with van der Waals surface area (Å²) in [6.45, 7) is 0.844. The summed E-state index contributed by atoms with van der Waals surface area (Å²) in [6.07, 6.45) is 0.638. The van der Waals surface area contributed by atoms with Gasteiger partial charge in [0.1, 0.15) is 5.75 Å². The van der Waals surface area contributed by atoms with Crippen LogP contribution in [0, 0.1) is 0 Å². The summed E-state index contributed by atoms with van der Waals surface area (Å²) in [5, 5.41) is 0.663. The van der Waals surface area contributed by atoms with Crippen LogP contribution >= 0.6 is 11.6 Å². The summed E-state index contributed by atoms with van der Waals surface area (Å²) in [5.74, 6) is 1.01. The molecule has 0 atom stereocenters. The van der Waals surface area contributed by atoms with Crippen LogP contribution in [0.15, 0.2) is 42.5 Å². The molecule has 0 aliphatic rings. The summed E-state index contributed by atoms with van der Waals surface area (Å²) >= 11 is 5.81. The Kier molecular flexibility index (Phi) is 6.11. The van der Waals surface area contributed by atoms with Crippen molar-refractivity contribution in [3.05, 3.63) is 53.1 Å². The summed E-state index contributed by atoms with van der Waals surface area (Å²) in [6, 6.07) is 12.1. The van der Waals surface area contributed by atoms with Gasteiger partial charge in [0.15, 0.2) is 11.5 Å². The molecule has 0 aliphatic heterocycles. The zero-order chi connectivity index (χ0) is 16.7. The molecule has 2 rings (SSSR count). The van der Waals surface area contributed by atoms with Gasteiger partial charge in [-0.15, -0.1) is 0 Å². The van der Waals surface area contributed by atoms with Crippen LogP contribution in [0.25, 0.3) is 0 Å². The number of rotatable bonds is 8. The second-order valence-electron chi connectivity index (χ2n) is 4.71. The van der Waals surface area contributed by atoms with E-state index < -0.39 is 5.91 Å². The third kappa shape index (κ3) is 4.79. The maximum atomic E-state index is 11.4. The minimum Gasteiger partial charge on any atom is -0.493 e. The Hall–Kier alpha value is -2.40. The Bertz CT molecular complexity index is 658. The quantitative estimate of drug-likeness (QED) is 0.751. The number of primary amides is 1. The summed E-state index contributed by atoms with van der Waals surface area (Å²) in [4.78, 5) is 11.4. The van der Waals surface area contributed by atoms with Gasteiger partial charge in [0.25, 0.3) is 5.91 Å². The molecule has 0 spiro atoms. The van der Waals surface area contributed by atoms with Gasteiger partial charge < -0.3 is 19.9 Å². The lowest BCUT2D eigenvalue weighted by molar-refractivity contribution is 0.0995. The fourth-order valence-corrected chi connectivity index (χ4v) is 2.10. The molecule has 0 aliphatic carbocycles. The van der Waals surface area contributed by atoms with Gasteiger partial charge in [-0.3, -0.25) is 4.79 Å². The minimum absolute atomic E-state index is 0.294. The van der Waals surface area contributed by atoms with Gasteiger partial charge in [0, 0.05) is 11.4 Å². The van der Waals surface area contributed by atoms with Crippen molar-refractivity contribution >= 4 is 17.5 Å². The topological polar surface area (TPSA) is 70.8 Å². The van der Waals surface area contributed by atoms with Crippen LogP contribution in [0.4, 0.5) is 0 Å². The van der Waals surface area contributed by atoms with Gasteiger partial charge in [-0.1, -0.05) is 17.7 Å². The number of carbonyl (C=O) groups excluding carboxylic acids is 1. The fourth-order valence-electron chi connectivity index (χ4n) is 1.97. The number of para-hydroxylation sites is 1. The standard InChI is InChI=1S/C17H18ClNO4/c1-21-15-5-2-4-14(17(19)20)16(15)23-11-3-10-22-13-8-6-12(18)7-9-13/h2,4-9H,3,10-11H2,1H3,(H2,19,20). The first-order chi connectivity index (χ1) is 11.1. The van der Waals surface area contributed by atoms with Crippen molar-refractivity contribution in [2.75, 3.05) is 20.3 Å². The molecule has 0 unspecified atom stereocenters. The lowest BCUT2D eigenvalue weighted by Gasteiger charge is -2.13. The van der Waals surface area contributed by atoms with Crippen molar-refractivity contribution in [2.45, 2.75) is 6.42 Å². The number of methoxy groups -OCH3 is 1. The van der Waals surface area contributed by atoms with Gasteiger partial charge in [-0.25, -0.2) is 0 Å². The maximum Gasteiger partial charge on any atom is 0.252 e. The number of nitrogens with two attached hydrogens (primary N) is 1. The second kappa shape index (κ2) is 8.29. The molecular weight excluding hydrogens is 318 g/mol. The molecule has 0 bridgehead atoms. The predicted octanol–water partition coefficient (Wildman–Crippen LogP) is 3.30. The monoisotopic (exact) mass is 335 g/mol. The Morgan fingerprint density at radius 2 is 1.78 bits per heavy atom. The summed E-state index contributed by atoms with van der Waals surface area (Å²) < 4.78 is 16.4. The SMILES string of the molecule is COc1cccc(C(N)=O)c1OCCCOc1ccc(Cl)cc1. The third-order valence-electron chi connectivity index (χ3n) is 3.08. The number of ether oxygens (including phenoxy) is 3. The molecular formula is C17H18ClNO4. The first kappa shape index (κ1) is 17.0. The van der Waals surface area contributed by atoms with E-state index in [0.29, 0.717) is 41.7 Å². The third-order valence-corrected chi connectivity index (χ3v) is 3.33. The number of halogens is 1. The lowest BCUT2D eigenvalue weighted by Crippen LogP contribution is -2.14. The van der Waals surface area contributed by atoms with Crippen LogP contribution in [0.5, 0.6) is 17.2 Å². The molecule has 1 amide bonds. The molecule has 5 nitrogen and oxygen atoms in total. The van der Waals surface area contributed by atoms with Crippen molar-refractivity contribution in [2.24, 2.45) is 5.73 Å². The van der Waals surface area contributed by atoms with E-state index >= 15 is 0 Å². The molecule has 2 aromatic carbocycles. The molecule has 23 heavy (non-hydrogen) atoms. The smallest absolute Gasteiger partial charge is 0.252 e. The molecule has 0 aromatic heterocycles. The molecule has 0 saturated heterocycles. The van der Waals surface area contributed by atoms with Crippen molar-refractivity contribution in [1.29, 1.82) is 0 Å². The van der Waals surface area contributed by atoms with E-state index in [1.807, 2.05) is 0 Å². The van der Waals surface area contributed by atoms with Gasteiger partial charge in [0.05, 0.1) is 25.9 Å². The Balaban J connectivity index is 1.86.